The van der Waals surface area contributed by atoms with E-state index in [4.69, 9.17) is 16.1 Å². The third-order valence-electron chi connectivity index (χ3n) is 4.22. The molecule has 0 unspecified atom stereocenters. The number of nitrogens with zero attached hydrogens (tertiary/aromatic N) is 3. The van der Waals surface area contributed by atoms with E-state index >= 15 is 0 Å². The van der Waals surface area contributed by atoms with Gasteiger partial charge in [0.15, 0.2) is 17.1 Å². The summed E-state index contributed by atoms with van der Waals surface area (Å²) >= 11 is 5.87. The summed E-state index contributed by atoms with van der Waals surface area (Å²) < 4.78 is 5.32. The lowest BCUT2D eigenvalue weighted by Crippen LogP contribution is -2.38. The molecule has 1 aliphatic rings. The molecule has 7 nitrogen and oxygen atoms in total. The Morgan fingerprint density at radius 3 is 2.54 bits per heavy atom. The molecule has 0 saturated carbocycles. The molecular formula is C16H18ClN3O4. The molecule has 8 heteroatoms. The summed E-state index contributed by atoms with van der Waals surface area (Å²) in [5, 5.41) is 24.3. The van der Waals surface area contributed by atoms with Crippen LogP contribution in [0.4, 0.5) is 5.82 Å². The minimum Gasteiger partial charge on any atom is -0.477 e. The second-order valence-corrected chi connectivity index (χ2v) is 6.46. The van der Waals surface area contributed by atoms with Crippen LogP contribution in [0.25, 0.3) is 11.3 Å². The van der Waals surface area contributed by atoms with Crippen LogP contribution in [0.3, 0.4) is 0 Å². The molecule has 24 heavy (non-hydrogen) atoms. The third kappa shape index (κ3) is 2.98. The number of anilines is 1. The highest BCUT2D eigenvalue weighted by molar-refractivity contribution is 6.30. The zero-order chi connectivity index (χ0) is 17.4. The number of carboxylic acids is 1. The van der Waals surface area contributed by atoms with Gasteiger partial charge in [0.1, 0.15) is 0 Å². The lowest BCUT2D eigenvalue weighted by molar-refractivity contribution is 0.0697. The van der Waals surface area contributed by atoms with Gasteiger partial charge in [0, 0.05) is 23.7 Å². The first kappa shape index (κ1) is 16.8. The van der Waals surface area contributed by atoms with Crippen molar-refractivity contribution in [3.8, 4) is 11.3 Å². The van der Waals surface area contributed by atoms with E-state index < -0.39 is 12.1 Å². The van der Waals surface area contributed by atoms with Gasteiger partial charge in [-0.2, -0.15) is 0 Å². The fraction of sp³-hybridized carbons (Fsp3) is 0.375. The van der Waals surface area contributed by atoms with Gasteiger partial charge in [-0.1, -0.05) is 16.8 Å². The van der Waals surface area contributed by atoms with Gasteiger partial charge in [-0.15, -0.1) is 0 Å². The van der Waals surface area contributed by atoms with Crippen molar-refractivity contribution >= 4 is 23.4 Å². The molecule has 0 spiro atoms. The monoisotopic (exact) mass is 351 g/mol. The molecule has 1 aliphatic heterocycles. The number of hydrogen-bond acceptors (Lipinski definition) is 6. The molecule has 1 aromatic heterocycles. The Morgan fingerprint density at radius 1 is 1.33 bits per heavy atom. The van der Waals surface area contributed by atoms with Crippen molar-refractivity contribution in [1.82, 2.24) is 10.1 Å². The SMILES string of the molecule is CN(C)[C@H]1CN(c2noc(-c3ccc(Cl)cc3)c2C(=O)O)C[C@@H]1O. The Balaban J connectivity index is 1.98. The van der Waals surface area contributed by atoms with E-state index in [2.05, 4.69) is 5.16 Å². The number of carbonyl (C=O) groups is 1. The van der Waals surface area contributed by atoms with Crippen LogP contribution in [-0.4, -0.2) is 65.6 Å². The molecule has 0 bridgehead atoms. The average molecular weight is 352 g/mol. The van der Waals surface area contributed by atoms with Gasteiger partial charge >= 0.3 is 5.97 Å². The highest BCUT2D eigenvalue weighted by Crippen LogP contribution is 2.34. The van der Waals surface area contributed by atoms with Crippen LogP contribution in [0.15, 0.2) is 28.8 Å². The van der Waals surface area contributed by atoms with Crippen LogP contribution in [0, 0.1) is 0 Å². The number of likely N-dealkylation sites (N-methyl/N-ethyl adjacent to an activating group) is 1. The van der Waals surface area contributed by atoms with Crippen LogP contribution < -0.4 is 4.90 Å². The minimum atomic E-state index is -1.13. The number of aromatic nitrogens is 1. The first-order chi connectivity index (χ1) is 11.4. The molecule has 128 valence electrons. The molecule has 1 saturated heterocycles. The number of rotatable bonds is 4. The predicted octanol–water partition coefficient (Wildman–Crippen LogP) is 1.80. The van der Waals surface area contributed by atoms with E-state index in [0.29, 0.717) is 23.7 Å². The Hall–Kier alpha value is -2.09. The fourth-order valence-electron chi connectivity index (χ4n) is 2.94. The molecule has 0 radical (unpaired) electrons. The number of benzene rings is 1. The van der Waals surface area contributed by atoms with Crippen molar-refractivity contribution in [2.24, 2.45) is 0 Å². The molecular weight excluding hydrogens is 334 g/mol. The highest BCUT2D eigenvalue weighted by Gasteiger charge is 2.37. The van der Waals surface area contributed by atoms with Gasteiger partial charge < -0.3 is 24.5 Å². The third-order valence-corrected chi connectivity index (χ3v) is 4.47. The Morgan fingerprint density at radius 2 is 2.00 bits per heavy atom. The van der Waals surface area contributed by atoms with Gasteiger partial charge in [-0.3, -0.25) is 0 Å². The molecule has 2 heterocycles. The average Bonchev–Trinajstić information content (AvgIpc) is 3.11. The number of β-amino-alcohol motifs (C(OH)–C–C–N with tert-alkyl or cyclic N) is 1. The number of halogens is 1. The maximum Gasteiger partial charge on any atom is 0.343 e. The number of carboxylic acid groups (broad SMARTS) is 1. The summed E-state index contributed by atoms with van der Waals surface area (Å²) in [4.78, 5) is 15.4. The highest BCUT2D eigenvalue weighted by atomic mass is 35.5. The van der Waals surface area contributed by atoms with Crippen LogP contribution in [0.5, 0.6) is 0 Å². The van der Waals surface area contributed by atoms with Crippen molar-refractivity contribution in [3.63, 3.8) is 0 Å². The standard InChI is InChI=1S/C16H18ClN3O4/c1-19(2)11-7-20(8-12(11)21)15-13(16(22)23)14(24-18-15)9-3-5-10(17)6-4-9/h3-6,11-12,21H,7-8H2,1-2H3,(H,22,23)/t11-,12-/m0/s1. The van der Waals surface area contributed by atoms with Crippen LogP contribution in [-0.2, 0) is 0 Å². The van der Waals surface area contributed by atoms with Crippen LogP contribution >= 0.6 is 11.6 Å². The molecule has 3 rings (SSSR count). The number of aliphatic hydroxyl groups is 1. The molecule has 0 amide bonds. The Bertz CT molecular complexity index is 744. The summed E-state index contributed by atoms with van der Waals surface area (Å²) in [6.45, 7) is 0.775. The quantitative estimate of drug-likeness (QED) is 0.868. The molecule has 2 atom stereocenters. The molecule has 1 aromatic carbocycles. The van der Waals surface area contributed by atoms with Crippen molar-refractivity contribution < 1.29 is 19.5 Å². The predicted molar refractivity (Wildman–Crippen MR) is 89.6 cm³/mol. The molecule has 2 N–H and O–H groups in total. The van der Waals surface area contributed by atoms with Gasteiger partial charge in [0.25, 0.3) is 0 Å². The van der Waals surface area contributed by atoms with Crippen molar-refractivity contribution in [3.05, 3.63) is 34.9 Å². The zero-order valence-corrected chi connectivity index (χ0v) is 14.1. The van der Waals surface area contributed by atoms with E-state index in [1.54, 1.807) is 29.2 Å². The first-order valence-electron chi connectivity index (χ1n) is 7.47. The number of hydrogen-bond donors (Lipinski definition) is 2. The topological polar surface area (TPSA) is 90.0 Å². The summed E-state index contributed by atoms with van der Waals surface area (Å²) in [5.41, 5.74) is 0.573. The van der Waals surface area contributed by atoms with Gasteiger partial charge in [-0.05, 0) is 38.4 Å². The largest absolute Gasteiger partial charge is 0.477 e. The first-order valence-corrected chi connectivity index (χ1v) is 7.84. The summed E-state index contributed by atoms with van der Waals surface area (Å²) in [6.07, 6.45) is -0.586. The maximum absolute atomic E-state index is 11.8. The summed E-state index contributed by atoms with van der Waals surface area (Å²) in [7, 11) is 3.74. The Labute approximate surface area is 144 Å². The smallest absolute Gasteiger partial charge is 0.343 e. The van der Waals surface area contributed by atoms with E-state index in [0.717, 1.165) is 0 Å². The van der Waals surface area contributed by atoms with Gasteiger partial charge in [-0.25, -0.2) is 4.79 Å². The lowest BCUT2D eigenvalue weighted by Gasteiger charge is -2.21. The zero-order valence-electron chi connectivity index (χ0n) is 13.3. The minimum absolute atomic E-state index is 0.0103. The van der Waals surface area contributed by atoms with Gasteiger partial charge in [0.05, 0.1) is 12.1 Å². The summed E-state index contributed by atoms with van der Waals surface area (Å²) in [6, 6.07) is 6.59. The normalized spacial score (nSPS) is 20.8. The van der Waals surface area contributed by atoms with E-state index in [9.17, 15) is 15.0 Å². The summed E-state index contributed by atoms with van der Waals surface area (Å²) in [5.74, 6) is -0.716. The van der Waals surface area contributed by atoms with E-state index in [1.165, 1.54) is 0 Å². The van der Waals surface area contributed by atoms with Crippen molar-refractivity contribution in [2.75, 3.05) is 32.1 Å². The van der Waals surface area contributed by atoms with E-state index in [1.807, 2.05) is 19.0 Å². The Kier molecular flexibility index (Phi) is 4.49. The molecule has 0 aliphatic carbocycles. The molecule has 1 fully saturated rings. The van der Waals surface area contributed by atoms with Crippen LogP contribution in [0.1, 0.15) is 10.4 Å². The van der Waals surface area contributed by atoms with Crippen LogP contribution in [0.2, 0.25) is 5.02 Å². The maximum atomic E-state index is 11.8. The number of aliphatic hydroxyl groups excluding tert-OH is 1. The van der Waals surface area contributed by atoms with Crippen molar-refractivity contribution in [2.45, 2.75) is 12.1 Å². The second kappa shape index (κ2) is 6.43. The van der Waals surface area contributed by atoms with E-state index in [-0.39, 0.29) is 23.2 Å². The van der Waals surface area contributed by atoms with Gasteiger partial charge in [0.2, 0.25) is 0 Å². The fourth-order valence-corrected chi connectivity index (χ4v) is 3.06. The second-order valence-electron chi connectivity index (χ2n) is 6.03. The molecule has 2 aromatic rings. The number of aromatic carboxylic acids is 1. The van der Waals surface area contributed by atoms with Crippen molar-refractivity contribution in [1.29, 1.82) is 0 Å². The lowest BCUT2D eigenvalue weighted by atomic mass is 10.1.